The van der Waals surface area contributed by atoms with Gasteiger partial charge in [-0.15, -0.1) is 0 Å². The molecule has 0 aromatic heterocycles. The molecule has 1 aliphatic rings. The van der Waals surface area contributed by atoms with E-state index < -0.39 is 17.9 Å². The molecule has 3 rings (SSSR count). The summed E-state index contributed by atoms with van der Waals surface area (Å²) in [5.41, 5.74) is 8.32. The van der Waals surface area contributed by atoms with Gasteiger partial charge >= 0.3 is 11.9 Å². The highest BCUT2D eigenvalue weighted by Crippen LogP contribution is 2.43. The van der Waals surface area contributed by atoms with E-state index in [-0.39, 0.29) is 47.6 Å². The van der Waals surface area contributed by atoms with Crippen molar-refractivity contribution in [1.82, 2.24) is 5.32 Å². The third kappa shape index (κ3) is 7.34. The molecule has 0 radical (unpaired) electrons. The lowest BCUT2D eigenvalue weighted by molar-refractivity contribution is -0.141. The number of nitrogens with one attached hydrogen (secondary N) is 1. The van der Waals surface area contributed by atoms with Crippen molar-refractivity contribution in [2.24, 2.45) is 5.73 Å². The molecule has 1 aliphatic heterocycles. The summed E-state index contributed by atoms with van der Waals surface area (Å²) in [6, 6.07) is 14.7. The summed E-state index contributed by atoms with van der Waals surface area (Å²) in [6.45, 7) is 2.89. The first-order valence-corrected chi connectivity index (χ1v) is 12.4. The summed E-state index contributed by atoms with van der Waals surface area (Å²) in [5, 5.41) is 3.61. The van der Waals surface area contributed by atoms with E-state index in [1.807, 2.05) is 30.3 Å². The zero-order chi connectivity index (χ0) is 26.8. The number of carbonyl (C=O) groups is 2. The average Bonchev–Trinajstić information content (AvgIpc) is 2.90. The Balaban J connectivity index is 1.91. The smallest absolute Gasteiger partial charge is 0.336 e. The maximum atomic E-state index is 13.5. The van der Waals surface area contributed by atoms with Crippen molar-refractivity contribution in [3.63, 3.8) is 0 Å². The van der Waals surface area contributed by atoms with Crippen molar-refractivity contribution in [1.29, 1.82) is 0 Å². The van der Waals surface area contributed by atoms with Gasteiger partial charge in [-0.1, -0.05) is 65.7 Å². The van der Waals surface area contributed by atoms with Gasteiger partial charge in [0.1, 0.15) is 6.61 Å². The summed E-state index contributed by atoms with van der Waals surface area (Å²) in [5.74, 6) is -2.18. The van der Waals surface area contributed by atoms with Crippen LogP contribution in [0.2, 0.25) is 10.0 Å². The molecule has 37 heavy (non-hydrogen) atoms. The maximum absolute atomic E-state index is 13.5. The highest BCUT2D eigenvalue weighted by Gasteiger charge is 2.40. The van der Waals surface area contributed by atoms with Crippen LogP contribution in [0.4, 0.5) is 0 Å². The first kappa shape index (κ1) is 28.7. The second kappa shape index (κ2) is 14.2. The number of hydrogen-bond donors (Lipinski definition) is 2. The van der Waals surface area contributed by atoms with Crippen LogP contribution in [0.1, 0.15) is 24.0 Å². The highest BCUT2D eigenvalue weighted by atomic mass is 35.5. The molecule has 8 nitrogen and oxygen atoms in total. The lowest BCUT2D eigenvalue weighted by Gasteiger charge is -2.32. The third-order valence-electron chi connectivity index (χ3n) is 5.64. The number of methoxy groups -OCH3 is 1. The number of esters is 2. The van der Waals surface area contributed by atoms with E-state index in [2.05, 4.69) is 5.32 Å². The van der Waals surface area contributed by atoms with Crippen LogP contribution in [-0.4, -0.2) is 52.0 Å². The fraction of sp³-hybridized carbons (Fsp3) is 0.333. The Morgan fingerprint density at radius 3 is 2.35 bits per heavy atom. The fourth-order valence-corrected chi connectivity index (χ4v) is 4.40. The third-order valence-corrected chi connectivity index (χ3v) is 6.48. The zero-order valence-electron chi connectivity index (χ0n) is 20.7. The Kier molecular flexibility index (Phi) is 11.0. The van der Waals surface area contributed by atoms with Crippen LogP contribution in [0.25, 0.3) is 0 Å². The predicted molar refractivity (Wildman–Crippen MR) is 141 cm³/mol. The molecule has 10 heteroatoms. The topological polar surface area (TPSA) is 109 Å². The van der Waals surface area contributed by atoms with Crippen LogP contribution in [0.3, 0.4) is 0 Å². The molecule has 2 aromatic rings. The molecule has 3 N–H and O–H groups in total. The molecule has 1 unspecified atom stereocenters. The lowest BCUT2D eigenvalue weighted by Crippen LogP contribution is -2.35. The Morgan fingerprint density at radius 1 is 0.919 bits per heavy atom. The summed E-state index contributed by atoms with van der Waals surface area (Å²) in [7, 11) is 1.27. The van der Waals surface area contributed by atoms with Crippen LogP contribution < -0.4 is 11.1 Å². The standard InChI is InChI=1S/C27H30Cl2N2O6/c1-17-22(26(32)34-2)23(19-9-6-10-20(28)25(19)29)24(21(31-17)16-35-12-11-30)27(33)37-14-13-36-15-18-7-4-3-5-8-18/h3-10,23,31H,11-16,30H2,1-2H3. The van der Waals surface area contributed by atoms with Crippen LogP contribution >= 0.6 is 23.2 Å². The summed E-state index contributed by atoms with van der Waals surface area (Å²) >= 11 is 12.9. The minimum absolute atomic E-state index is 0.00163. The Bertz CT molecular complexity index is 1170. The second-order valence-electron chi connectivity index (χ2n) is 8.14. The van der Waals surface area contributed by atoms with Crippen LogP contribution in [0, 0.1) is 0 Å². The van der Waals surface area contributed by atoms with Crippen molar-refractivity contribution in [2.45, 2.75) is 19.4 Å². The largest absolute Gasteiger partial charge is 0.466 e. The predicted octanol–water partition coefficient (Wildman–Crippen LogP) is 4.12. The van der Waals surface area contributed by atoms with Gasteiger partial charge < -0.3 is 30.0 Å². The first-order chi connectivity index (χ1) is 17.9. The maximum Gasteiger partial charge on any atom is 0.336 e. The normalized spacial score (nSPS) is 15.4. The molecule has 0 aliphatic carbocycles. The molecular weight excluding hydrogens is 519 g/mol. The van der Waals surface area contributed by atoms with Gasteiger partial charge in [0.15, 0.2) is 0 Å². The van der Waals surface area contributed by atoms with Gasteiger partial charge in [0.2, 0.25) is 0 Å². The number of hydrogen-bond acceptors (Lipinski definition) is 8. The minimum atomic E-state index is -0.908. The van der Waals surface area contributed by atoms with E-state index in [0.717, 1.165) is 5.56 Å². The quantitative estimate of drug-likeness (QED) is 0.301. The molecule has 1 atom stereocenters. The molecule has 1 heterocycles. The first-order valence-electron chi connectivity index (χ1n) is 11.7. The van der Waals surface area contributed by atoms with Gasteiger partial charge in [-0.2, -0.15) is 0 Å². The fourth-order valence-electron chi connectivity index (χ4n) is 3.98. The van der Waals surface area contributed by atoms with E-state index in [0.29, 0.717) is 30.1 Å². The molecule has 0 saturated carbocycles. The Morgan fingerprint density at radius 2 is 1.65 bits per heavy atom. The summed E-state index contributed by atoms with van der Waals surface area (Å²) in [6.07, 6.45) is 0. The molecule has 0 saturated heterocycles. The second-order valence-corrected chi connectivity index (χ2v) is 8.92. The molecule has 0 fully saturated rings. The number of benzene rings is 2. The van der Waals surface area contributed by atoms with Gasteiger partial charge in [-0.05, 0) is 24.1 Å². The van der Waals surface area contributed by atoms with Crippen molar-refractivity contribution < 1.29 is 28.5 Å². The van der Waals surface area contributed by atoms with E-state index in [4.69, 9.17) is 47.9 Å². The Labute approximate surface area is 226 Å². The van der Waals surface area contributed by atoms with Gasteiger partial charge in [0.25, 0.3) is 0 Å². The number of rotatable bonds is 12. The summed E-state index contributed by atoms with van der Waals surface area (Å²) < 4.78 is 21.9. The molecule has 0 spiro atoms. The van der Waals surface area contributed by atoms with Gasteiger partial charge in [0.05, 0.1) is 66.3 Å². The zero-order valence-corrected chi connectivity index (χ0v) is 22.2. The highest BCUT2D eigenvalue weighted by molar-refractivity contribution is 6.42. The molecule has 0 bridgehead atoms. The molecule has 2 aromatic carbocycles. The Hall–Kier alpha value is -2.88. The lowest BCUT2D eigenvalue weighted by atomic mass is 9.80. The van der Waals surface area contributed by atoms with E-state index in [1.165, 1.54) is 7.11 Å². The molecule has 198 valence electrons. The van der Waals surface area contributed by atoms with E-state index in [9.17, 15) is 9.59 Å². The van der Waals surface area contributed by atoms with Gasteiger partial charge in [-0.3, -0.25) is 0 Å². The number of halogens is 2. The number of carbonyl (C=O) groups excluding carboxylic acids is 2. The molecular formula is C27H30Cl2N2O6. The summed E-state index contributed by atoms with van der Waals surface area (Å²) in [4.78, 5) is 26.4. The van der Waals surface area contributed by atoms with Crippen molar-refractivity contribution >= 4 is 35.1 Å². The number of ether oxygens (including phenoxy) is 4. The van der Waals surface area contributed by atoms with Crippen LogP contribution in [-0.2, 0) is 35.1 Å². The monoisotopic (exact) mass is 548 g/mol. The number of dihydropyridines is 1. The van der Waals surface area contributed by atoms with Gasteiger partial charge in [-0.25, -0.2) is 9.59 Å². The van der Waals surface area contributed by atoms with Gasteiger partial charge in [0, 0.05) is 12.2 Å². The van der Waals surface area contributed by atoms with Crippen LogP contribution in [0.5, 0.6) is 0 Å². The SMILES string of the molecule is COC(=O)C1=C(C)NC(COCCN)=C(C(=O)OCCOCc2ccccc2)C1c1cccc(Cl)c1Cl. The number of nitrogens with two attached hydrogens (primary N) is 1. The van der Waals surface area contributed by atoms with Crippen molar-refractivity contribution in [2.75, 3.05) is 40.1 Å². The van der Waals surface area contributed by atoms with Crippen molar-refractivity contribution in [3.8, 4) is 0 Å². The minimum Gasteiger partial charge on any atom is -0.466 e. The average molecular weight is 549 g/mol. The number of allylic oxidation sites excluding steroid dienone is 1. The van der Waals surface area contributed by atoms with E-state index >= 15 is 0 Å². The van der Waals surface area contributed by atoms with Crippen LogP contribution in [0.15, 0.2) is 71.1 Å². The van der Waals surface area contributed by atoms with E-state index in [1.54, 1.807) is 25.1 Å². The van der Waals surface area contributed by atoms with Crippen molar-refractivity contribution in [3.05, 3.63) is 92.2 Å². The molecule has 0 amide bonds.